The minimum Gasteiger partial charge on any atom is -0.330 e. The second-order valence-corrected chi connectivity index (χ2v) is 4.08. The van der Waals surface area contributed by atoms with Gasteiger partial charge >= 0.3 is 0 Å². The van der Waals surface area contributed by atoms with Crippen molar-refractivity contribution in [3.63, 3.8) is 0 Å². The molecule has 0 aromatic carbocycles. The molecule has 14 heavy (non-hydrogen) atoms. The van der Waals surface area contributed by atoms with Gasteiger partial charge in [0.15, 0.2) is 4.96 Å². The van der Waals surface area contributed by atoms with Crippen LogP contribution in [0.2, 0.25) is 0 Å². The maximum atomic E-state index is 13.2. The highest BCUT2D eigenvalue weighted by atomic mass is 32.1. The lowest BCUT2D eigenvalue weighted by Crippen LogP contribution is -2.11. The number of aromatic nitrogens is 2. The van der Waals surface area contributed by atoms with Gasteiger partial charge in [-0.05, 0) is 13.0 Å². The van der Waals surface area contributed by atoms with Gasteiger partial charge in [0.05, 0.1) is 5.69 Å². The second-order valence-electron chi connectivity index (χ2n) is 3.20. The van der Waals surface area contributed by atoms with Gasteiger partial charge in [-0.2, -0.15) is 0 Å². The molecule has 3 nitrogen and oxygen atoms in total. The third-order valence-corrected chi connectivity index (χ3v) is 2.82. The molecule has 1 unspecified atom stereocenters. The molecule has 0 aliphatic rings. The van der Waals surface area contributed by atoms with E-state index in [1.165, 1.54) is 0 Å². The average molecular weight is 213 g/mol. The van der Waals surface area contributed by atoms with Gasteiger partial charge in [0.25, 0.3) is 0 Å². The fraction of sp³-hybridized carbons (Fsp3) is 0.444. The number of nitrogens with zero attached hydrogens (tertiary/aromatic N) is 2. The standard InChI is InChI=1S/C9H12FN3S/c10-7(1-2-11)5-8-6-13-3-4-14-9(13)12-8/h3-4,6-7H,1-2,5,11H2. The minimum atomic E-state index is -0.871. The Labute approximate surface area is 85.4 Å². The zero-order valence-corrected chi connectivity index (χ0v) is 8.51. The molecular weight excluding hydrogens is 201 g/mol. The largest absolute Gasteiger partial charge is 0.330 e. The summed E-state index contributed by atoms with van der Waals surface area (Å²) in [6.45, 7) is 0.392. The Morgan fingerprint density at radius 1 is 1.64 bits per heavy atom. The molecule has 0 saturated heterocycles. The molecule has 5 heteroatoms. The van der Waals surface area contributed by atoms with E-state index in [1.807, 2.05) is 22.2 Å². The number of hydrogen-bond donors (Lipinski definition) is 1. The van der Waals surface area contributed by atoms with Crippen LogP contribution >= 0.6 is 11.3 Å². The molecule has 0 saturated carbocycles. The molecule has 2 aromatic rings. The van der Waals surface area contributed by atoms with Crippen LogP contribution in [0.5, 0.6) is 0 Å². The van der Waals surface area contributed by atoms with Crippen LogP contribution in [0.1, 0.15) is 12.1 Å². The Morgan fingerprint density at radius 3 is 3.21 bits per heavy atom. The van der Waals surface area contributed by atoms with Crippen molar-refractivity contribution in [3.05, 3.63) is 23.5 Å². The fourth-order valence-corrected chi connectivity index (χ4v) is 2.10. The maximum Gasteiger partial charge on any atom is 0.193 e. The van der Waals surface area contributed by atoms with E-state index in [2.05, 4.69) is 4.98 Å². The molecule has 0 amide bonds. The van der Waals surface area contributed by atoms with Crippen LogP contribution in [-0.2, 0) is 6.42 Å². The van der Waals surface area contributed by atoms with Gasteiger partial charge in [-0.15, -0.1) is 11.3 Å². The fourth-order valence-electron chi connectivity index (χ4n) is 1.38. The molecule has 2 N–H and O–H groups in total. The van der Waals surface area contributed by atoms with Crippen LogP contribution < -0.4 is 5.73 Å². The summed E-state index contributed by atoms with van der Waals surface area (Å²) in [6, 6.07) is 0. The van der Waals surface area contributed by atoms with Crippen molar-refractivity contribution in [1.29, 1.82) is 0 Å². The Hall–Kier alpha value is -0.940. The van der Waals surface area contributed by atoms with Crippen molar-refractivity contribution in [3.8, 4) is 0 Å². The second kappa shape index (κ2) is 4.06. The van der Waals surface area contributed by atoms with Crippen LogP contribution in [0.3, 0.4) is 0 Å². The number of halogens is 1. The number of nitrogens with two attached hydrogens (primary N) is 1. The summed E-state index contributed by atoms with van der Waals surface area (Å²) >= 11 is 1.55. The lowest BCUT2D eigenvalue weighted by molar-refractivity contribution is 0.315. The number of imidazole rings is 1. The first kappa shape index (κ1) is 9.61. The van der Waals surface area contributed by atoms with E-state index < -0.39 is 6.17 Å². The Kier molecular flexibility index (Phi) is 2.79. The summed E-state index contributed by atoms with van der Waals surface area (Å²) in [5.41, 5.74) is 6.08. The van der Waals surface area contributed by atoms with Gasteiger partial charge in [0.2, 0.25) is 0 Å². The van der Waals surface area contributed by atoms with Crippen molar-refractivity contribution >= 4 is 16.3 Å². The SMILES string of the molecule is NCCC(F)Cc1cn2ccsc2n1. The molecule has 0 aliphatic heterocycles. The summed E-state index contributed by atoms with van der Waals surface area (Å²) in [7, 11) is 0. The lowest BCUT2D eigenvalue weighted by Gasteiger charge is -2.02. The number of hydrogen-bond acceptors (Lipinski definition) is 3. The predicted octanol–water partition coefficient (Wildman–Crippen LogP) is 1.63. The van der Waals surface area contributed by atoms with E-state index in [-0.39, 0.29) is 0 Å². The van der Waals surface area contributed by atoms with Crippen LogP contribution in [0.25, 0.3) is 4.96 Å². The quantitative estimate of drug-likeness (QED) is 0.838. The van der Waals surface area contributed by atoms with E-state index in [9.17, 15) is 4.39 Å². The van der Waals surface area contributed by atoms with Crippen molar-refractivity contribution in [2.45, 2.75) is 19.0 Å². The number of thiazole rings is 1. The summed E-state index contributed by atoms with van der Waals surface area (Å²) in [4.78, 5) is 5.21. The molecule has 2 aromatic heterocycles. The van der Waals surface area contributed by atoms with Crippen molar-refractivity contribution < 1.29 is 4.39 Å². The summed E-state index contributed by atoms with van der Waals surface area (Å²) in [5.74, 6) is 0. The Bertz CT molecular complexity index is 380. The molecule has 2 heterocycles. The summed E-state index contributed by atoms with van der Waals surface area (Å²) in [5, 5.41) is 1.96. The molecule has 76 valence electrons. The normalized spacial score (nSPS) is 13.6. The van der Waals surface area contributed by atoms with Gasteiger partial charge < -0.3 is 5.73 Å². The highest BCUT2D eigenvalue weighted by molar-refractivity contribution is 7.15. The zero-order valence-electron chi connectivity index (χ0n) is 7.69. The first-order valence-electron chi connectivity index (χ1n) is 4.55. The highest BCUT2D eigenvalue weighted by Crippen LogP contribution is 2.14. The van der Waals surface area contributed by atoms with Crippen molar-refractivity contribution in [2.75, 3.05) is 6.54 Å². The molecule has 0 aliphatic carbocycles. The van der Waals surface area contributed by atoms with Crippen molar-refractivity contribution in [1.82, 2.24) is 9.38 Å². The maximum absolute atomic E-state index is 13.2. The van der Waals surface area contributed by atoms with Crippen LogP contribution in [-0.4, -0.2) is 22.1 Å². The van der Waals surface area contributed by atoms with Crippen LogP contribution in [0.4, 0.5) is 4.39 Å². The van der Waals surface area contributed by atoms with E-state index >= 15 is 0 Å². The highest BCUT2D eigenvalue weighted by Gasteiger charge is 2.09. The smallest absolute Gasteiger partial charge is 0.193 e. The summed E-state index contributed by atoms with van der Waals surface area (Å²) < 4.78 is 15.1. The van der Waals surface area contributed by atoms with Gasteiger partial charge in [-0.25, -0.2) is 9.37 Å². The molecule has 0 radical (unpaired) electrons. The molecule has 0 fully saturated rings. The van der Waals surface area contributed by atoms with Gasteiger partial charge in [0.1, 0.15) is 6.17 Å². The zero-order chi connectivity index (χ0) is 9.97. The molecular formula is C9H12FN3S. The molecule has 0 spiro atoms. The topological polar surface area (TPSA) is 43.3 Å². The Balaban J connectivity index is 2.08. The minimum absolute atomic E-state index is 0.367. The predicted molar refractivity (Wildman–Crippen MR) is 55.3 cm³/mol. The lowest BCUT2D eigenvalue weighted by atomic mass is 10.2. The molecule has 2 rings (SSSR count). The first-order chi connectivity index (χ1) is 6.79. The molecule has 0 bridgehead atoms. The number of rotatable bonds is 4. The van der Waals surface area contributed by atoms with Crippen LogP contribution in [0, 0.1) is 0 Å². The number of fused-ring (bicyclic) bond motifs is 1. The van der Waals surface area contributed by atoms with E-state index in [0.717, 1.165) is 10.7 Å². The van der Waals surface area contributed by atoms with Gasteiger partial charge in [-0.3, -0.25) is 4.40 Å². The average Bonchev–Trinajstić information content (AvgIpc) is 2.63. The van der Waals surface area contributed by atoms with Crippen molar-refractivity contribution in [2.24, 2.45) is 5.73 Å². The van der Waals surface area contributed by atoms with E-state index in [0.29, 0.717) is 19.4 Å². The third kappa shape index (κ3) is 1.93. The third-order valence-electron chi connectivity index (χ3n) is 2.05. The summed E-state index contributed by atoms with van der Waals surface area (Å²) in [6.07, 6.45) is 3.70. The Morgan fingerprint density at radius 2 is 2.50 bits per heavy atom. The first-order valence-corrected chi connectivity index (χ1v) is 5.43. The monoisotopic (exact) mass is 213 g/mol. The van der Waals surface area contributed by atoms with E-state index in [1.54, 1.807) is 11.3 Å². The van der Waals surface area contributed by atoms with Gasteiger partial charge in [-0.1, -0.05) is 0 Å². The van der Waals surface area contributed by atoms with E-state index in [4.69, 9.17) is 5.73 Å². The van der Waals surface area contributed by atoms with Gasteiger partial charge in [0, 0.05) is 24.2 Å². The number of alkyl halides is 1. The van der Waals surface area contributed by atoms with Crippen LogP contribution in [0.15, 0.2) is 17.8 Å². The molecule has 1 atom stereocenters.